The summed E-state index contributed by atoms with van der Waals surface area (Å²) < 4.78 is 4.90. The number of hydrogen-bond acceptors (Lipinski definition) is 2. The minimum atomic E-state index is -0.171. The van der Waals surface area contributed by atoms with Gasteiger partial charge in [0.05, 0.1) is 6.42 Å². The zero-order chi connectivity index (χ0) is 11.0. The molecule has 0 aliphatic heterocycles. The van der Waals surface area contributed by atoms with Crippen LogP contribution < -0.4 is 0 Å². The molecule has 0 fully saturated rings. The third kappa shape index (κ3) is 6.46. The van der Waals surface area contributed by atoms with Gasteiger partial charge < -0.3 is 4.74 Å². The molecule has 0 heterocycles. The van der Waals surface area contributed by atoms with E-state index in [0.29, 0.717) is 18.9 Å². The molecule has 2 nitrogen and oxygen atoms in total. The van der Waals surface area contributed by atoms with Crippen LogP contribution in [0.5, 0.6) is 0 Å². The van der Waals surface area contributed by atoms with Gasteiger partial charge >= 0.3 is 5.97 Å². The summed E-state index contributed by atoms with van der Waals surface area (Å²) in [5, 5.41) is 0. The van der Waals surface area contributed by atoms with Crippen molar-refractivity contribution < 1.29 is 9.53 Å². The van der Waals surface area contributed by atoms with Crippen LogP contribution in [0, 0.1) is 11.8 Å². The van der Waals surface area contributed by atoms with Crippen LogP contribution in [0.2, 0.25) is 0 Å². The summed E-state index contributed by atoms with van der Waals surface area (Å²) in [7, 11) is 0. The number of allylic oxidation sites excluding steroid dienone is 1. The fourth-order valence-electron chi connectivity index (χ4n) is 1.29. The van der Waals surface area contributed by atoms with Gasteiger partial charge in [0, 0.05) is 0 Å². The molecule has 0 aromatic rings. The highest BCUT2D eigenvalue weighted by Gasteiger charge is 2.12. The smallest absolute Gasteiger partial charge is 0.306 e. The minimum absolute atomic E-state index is 0.171. The lowest BCUT2D eigenvalue weighted by atomic mass is 9.94. The average Bonchev–Trinajstić information content (AvgIpc) is 2.12. The van der Waals surface area contributed by atoms with Crippen molar-refractivity contribution in [3.8, 4) is 0 Å². The first-order chi connectivity index (χ1) is 6.60. The highest BCUT2D eigenvalue weighted by atomic mass is 16.5. The molecule has 1 unspecified atom stereocenters. The highest BCUT2D eigenvalue weighted by Crippen LogP contribution is 2.16. The molecule has 80 valence electrons. The third-order valence-corrected chi connectivity index (χ3v) is 1.90. The average molecular weight is 196 g/mol. The molecule has 14 heavy (non-hydrogen) atoms. The van der Waals surface area contributed by atoms with E-state index in [2.05, 4.69) is 27.0 Å². The molecule has 0 amide bonds. The molecule has 0 rings (SSSR count). The van der Waals surface area contributed by atoms with Crippen LogP contribution in [0.3, 0.4) is 0 Å². The molecule has 1 atom stereocenters. The van der Waals surface area contributed by atoms with E-state index in [1.165, 1.54) is 0 Å². The van der Waals surface area contributed by atoms with Crippen molar-refractivity contribution in [1.29, 1.82) is 0 Å². The van der Waals surface area contributed by atoms with Gasteiger partial charge in [-0.2, -0.15) is 0 Å². The van der Waals surface area contributed by atoms with Crippen LogP contribution in [0.25, 0.3) is 0 Å². The molecule has 0 aliphatic carbocycles. The van der Waals surface area contributed by atoms with E-state index in [9.17, 15) is 4.79 Å². The molecule has 2 heteroatoms. The Bertz CT molecular complexity index is 194. The standard InChI is InChI=1S/C12H20O2/c1-5-7-14-12(13)9-11(6-2)8-10(3)4/h5-6,10-11H,1-2,7-9H2,3-4H3. The Morgan fingerprint density at radius 1 is 1.43 bits per heavy atom. The molecule has 0 saturated carbocycles. The van der Waals surface area contributed by atoms with Gasteiger partial charge in [0.15, 0.2) is 0 Å². The fourth-order valence-corrected chi connectivity index (χ4v) is 1.29. The van der Waals surface area contributed by atoms with Crippen molar-refractivity contribution in [2.45, 2.75) is 26.7 Å². The molecule has 0 radical (unpaired) electrons. The lowest BCUT2D eigenvalue weighted by molar-refractivity contribution is -0.143. The van der Waals surface area contributed by atoms with Crippen molar-refractivity contribution in [2.24, 2.45) is 11.8 Å². The van der Waals surface area contributed by atoms with Crippen molar-refractivity contribution in [2.75, 3.05) is 6.61 Å². The number of esters is 1. The Morgan fingerprint density at radius 3 is 2.50 bits per heavy atom. The third-order valence-electron chi connectivity index (χ3n) is 1.90. The van der Waals surface area contributed by atoms with E-state index in [-0.39, 0.29) is 11.9 Å². The predicted molar refractivity (Wildman–Crippen MR) is 58.9 cm³/mol. The first-order valence-corrected chi connectivity index (χ1v) is 4.99. The Kier molecular flexibility index (Phi) is 6.81. The second-order valence-corrected chi connectivity index (χ2v) is 3.80. The molecule has 0 spiro atoms. The van der Waals surface area contributed by atoms with Gasteiger partial charge in [-0.05, 0) is 18.3 Å². The summed E-state index contributed by atoms with van der Waals surface area (Å²) in [6.45, 7) is 11.8. The van der Waals surface area contributed by atoms with E-state index in [4.69, 9.17) is 4.74 Å². The zero-order valence-corrected chi connectivity index (χ0v) is 9.16. The largest absolute Gasteiger partial charge is 0.461 e. The lowest BCUT2D eigenvalue weighted by Gasteiger charge is -2.13. The van der Waals surface area contributed by atoms with Crippen LogP contribution in [-0.2, 0) is 9.53 Å². The predicted octanol–water partition coefficient (Wildman–Crippen LogP) is 2.95. The highest BCUT2D eigenvalue weighted by molar-refractivity contribution is 5.70. The van der Waals surface area contributed by atoms with Gasteiger partial charge in [-0.25, -0.2) is 0 Å². The van der Waals surface area contributed by atoms with E-state index in [1.807, 2.05) is 6.08 Å². The first kappa shape index (κ1) is 12.9. The Balaban J connectivity index is 3.85. The topological polar surface area (TPSA) is 26.3 Å². The van der Waals surface area contributed by atoms with Crippen LogP contribution >= 0.6 is 0 Å². The monoisotopic (exact) mass is 196 g/mol. The number of rotatable bonds is 7. The second kappa shape index (κ2) is 7.36. The van der Waals surface area contributed by atoms with Gasteiger partial charge in [0.1, 0.15) is 6.61 Å². The maximum absolute atomic E-state index is 11.2. The van der Waals surface area contributed by atoms with Crippen molar-refractivity contribution in [3.05, 3.63) is 25.3 Å². The molecule has 0 aliphatic rings. The molecule has 0 N–H and O–H groups in total. The Morgan fingerprint density at radius 2 is 2.07 bits per heavy atom. The normalized spacial score (nSPS) is 12.2. The summed E-state index contributed by atoms with van der Waals surface area (Å²) in [4.78, 5) is 11.2. The summed E-state index contributed by atoms with van der Waals surface area (Å²) >= 11 is 0. The maximum atomic E-state index is 11.2. The first-order valence-electron chi connectivity index (χ1n) is 4.99. The van der Waals surface area contributed by atoms with Gasteiger partial charge in [0.2, 0.25) is 0 Å². The van der Waals surface area contributed by atoms with Crippen molar-refractivity contribution in [1.82, 2.24) is 0 Å². The summed E-state index contributed by atoms with van der Waals surface area (Å²) in [6, 6.07) is 0. The fraction of sp³-hybridized carbons (Fsp3) is 0.583. The number of hydrogen-bond donors (Lipinski definition) is 0. The Hall–Kier alpha value is -1.05. The van der Waals surface area contributed by atoms with E-state index >= 15 is 0 Å². The minimum Gasteiger partial charge on any atom is -0.461 e. The van der Waals surface area contributed by atoms with Gasteiger partial charge in [-0.3, -0.25) is 4.79 Å². The molecular formula is C12H20O2. The summed E-state index contributed by atoms with van der Waals surface area (Å²) in [6.07, 6.45) is 4.81. The SMILES string of the molecule is C=CCOC(=O)CC(C=C)CC(C)C. The molecule has 0 aromatic carbocycles. The lowest BCUT2D eigenvalue weighted by Crippen LogP contribution is -2.11. The molecule has 0 saturated heterocycles. The summed E-state index contributed by atoms with van der Waals surface area (Å²) in [5.41, 5.74) is 0. The van der Waals surface area contributed by atoms with Crippen molar-refractivity contribution >= 4 is 5.97 Å². The van der Waals surface area contributed by atoms with Crippen LogP contribution in [0.15, 0.2) is 25.3 Å². The maximum Gasteiger partial charge on any atom is 0.306 e. The number of carbonyl (C=O) groups is 1. The summed E-state index contributed by atoms with van der Waals surface area (Å²) in [5.74, 6) is 0.632. The van der Waals surface area contributed by atoms with E-state index < -0.39 is 0 Å². The van der Waals surface area contributed by atoms with E-state index in [1.54, 1.807) is 6.08 Å². The van der Waals surface area contributed by atoms with Crippen molar-refractivity contribution in [3.63, 3.8) is 0 Å². The van der Waals surface area contributed by atoms with Gasteiger partial charge in [0.25, 0.3) is 0 Å². The number of carbonyl (C=O) groups excluding carboxylic acids is 1. The zero-order valence-electron chi connectivity index (χ0n) is 9.16. The Labute approximate surface area is 86.6 Å². The molecular weight excluding hydrogens is 176 g/mol. The van der Waals surface area contributed by atoms with Gasteiger partial charge in [-0.15, -0.1) is 6.58 Å². The molecule has 0 bridgehead atoms. The van der Waals surface area contributed by atoms with Crippen LogP contribution in [0.1, 0.15) is 26.7 Å². The van der Waals surface area contributed by atoms with Crippen LogP contribution in [0.4, 0.5) is 0 Å². The quantitative estimate of drug-likeness (QED) is 0.462. The number of ether oxygens (including phenoxy) is 1. The second-order valence-electron chi connectivity index (χ2n) is 3.80. The van der Waals surface area contributed by atoms with Gasteiger partial charge in [-0.1, -0.05) is 32.6 Å². The molecule has 0 aromatic heterocycles. The van der Waals surface area contributed by atoms with E-state index in [0.717, 1.165) is 6.42 Å². The van der Waals surface area contributed by atoms with Crippen LogP contribution in [-0.4, -0.2) is 12.6 Å².